The van der Waals surface area contributed by atoms with E-state index in [-0.39, 0.29) is 11.1 Å². The number of benzene rings is 3. The quantitative estimate of drug-likeness (QED) is 0.414. The van der Waals surface area contributed by atoms with Gasteiger partial charge in [-0.15, -0.1) is 0 Å². The van der Waals surface area contributed by atoms with Crippen LogP contribution in [0.15, 0.2) is 97.1 Å². The highest BCUT2D eigenvalue weighted by atomic mass is 28.4. The van der Waals surface area contributed by atoms with Crippen LogP contribution >= 0.6 is 0 Å². The van der Waals surface area contributed by atoms with Gasteiger partial charge >= 0.3 is 0 Å². The van der Waals surface area contributed by atoms with E-state index in [9.17, 15) is 5.11 Å². The Balaban J connectivity index is 1.93. The minimum Gasteiger partial charge on any atom is -0.400 e. The standard InChI is InChI=1S/C29H34O2Si/c1-22(2)29(30)20-23-14-12-13-19-26(23)27(21-29)31-32(28(3,4)5,24-15-8-6-9-16-24)25-17-10-7-11-18-25/h6-19,27,30H,1,20-21H2,2-5H3/t27-,29-/m0/s1. The Bertz CT molecular complexity index is 1050. The van der Waals surface area contributed by atoms with E-state index in [1.165, 1.54) is 15.9 Å². The Morgan fingerprint density at radius 3 is 1.91 bits per heavy atom. The molecule has 0 unspecified atom stereocenters. The van der Waals surface area contributed by atoms with E-state index in [4.69, 9.17) is 4.43 Å². The fourth-order valence-electron chi connectivity index (χ4n) is 5.15. The summed E-state index contributed by atoms with van der Waals surface area (Å²) in [6, 6.07) is 29.8. The van der Waals surface area contributed by atoms with Gasteiger partial charge in [0.05, 0.1) is 11.7 Å². The third-order valence-electron chi connectivity index (χ3n) is 6.94. The molecule has 166 valence electrons. The van der Waals surface area contributed by atoms with E-state index in [2.05, 4.69) is 106 Å². The molecule has 2 atom stereocenters. The summed E-state index contributed by atoms with van der Waals surface area (Å²) < 4.78 is 7.43. The van der Waals surface area contributed by atoms with Gasteiger partial charge in [0.15, 0.2) is 0 Å². The van der Waals surface area contributed by atoms with Crippen LogP contribution in [0.1, 0.15) is 51.3 Å². The van der Waals surface area contributed by atoms with Crippen LogP contribution in [0.3, 0.4) is 0 Å². The normalized spacial score (nSPS) is 21.1. The first-order chi connectivity index (χ1) is 15.2. The molecule has 0 amide bonds. The zero-order valence-corrected chi connectivity index (χ0v) is 20.6. The molecule has 3 heteroatoms. The largest absolute Gasteiger partial charge is 0.400 e. The van der Waals surface area contributed by atoms with Gasteiger partial charge in [-0.05, 0) is 39.0 Å². The number of aliphatic hydroxyl groups is 1. The molecule has 0 saturated carbocycles. The molecule has 1 N–H and O–H groups in total. The van der Waals surface area contributed by atoms with Crippen LogP contribution in [0.2, 0.25) is 5.04 Å². The lowest BCUT2D eigenvalue weighted by molar-refractivity contribution is 0.0119. The SMILES string of the molecule is C=C(C)[C@]1(O)Cc2ccccc2[C@@H](O[Si](c2ccccc2)(c2ccccc2)C(C)(C)C)C1. The molecule has 0 aliphatic heterocycles. The molecule has 0 heterocycles. The average Bonchev–Trinajstić information content (AvgIpc) is 2.77. The Hall–Kier alpha value is -2.46. The maximum atomic E-state index is 11.5. The van der Waals surface area contributed by atoms with Crippen molar-refractivity contribution in [3.05, 3.63) is 108 Å². The topological polar surface area (TPSA) is 29.5 Å². The van der Waals surface area contributed by atoms with Gasteiger partial charge in [-0.2, -0.15) is 0 Å². The predicted molar refractivity (Wildman–Crippen MR) is 136 cm³/mol. The fourth-order valence-corrected chi connectivity index (χ4v) is 9.80. The predicted octanol–water partition coefficient (Wildman–Crippen LogP) is 5.56. The van der Waals surface area contributed by atoms with Crippen molar-refractivity contribution in [3.63, 3.8) is 0 Å². The molecule has 0 bridgehead atoms. The van der Waals surface area contributed by atoms with Crippen molar-refractivity contribution in [2.24, 2.45) is 0 Å². The highest BCUT2D eigenvalue weighted by molar-refractivity contribution is 6.99. The molecule has 1 aliphatic carbocycles. The van der Waals surface area contributed by atoms with Crippen LogP contribution in [0.5, 0.6) is 0 Å². The molecule has 3 aromatic rings. The van der Waals surface area contributed by atoms with Crippen molar-refractivity contribution >= 4 is 18.7 Å². The Labute approximate surface area is 193 Å². The monoisotopic (exact) mass is 442 g/mol. The molecule has 0 aromatic heterocycles. The van der Waals surface area contributed by atoms with Crippen molar-refractivity contribution in [2.75, 3.05) is 0 Å². The van der Waals surface area contributed by atoms with Crippen molar-refractivity contribution in [2.45, 2.75) is 57.3 Å². The molecule has 0 spiro atoms. The molecule has 2 nitrogen and oxygen atoms in total. The molecule has 3 aromatic carbocycles. The second-order valence-electron chi connectivity index (χ2n) is 10.2. The third kappa shape index (κ3) is 3.90. The summed E-state index contributed by atoms with van der Waals surface area (Å²) in [4.78, 5) is 0. The lowest BCUT2D eigenvalue weighted by Crippen LogP contribution is -2.67. The zero-order valence-electron chi connectivity index (χ0n) is 19.6. The van der Waals surface area contributed by atoms with Crippen molar-refractivity contribution in [1.29, 1.82) is 0 Å². The first-order valence-corrected chi connectivity index (χ1v) is 13.3. The molecular formula is C29H34O2Si. The number of fused-ring (bicyclic) bond motifs is 1. The van der Waals surface area contributed by atoms with Gasteiger partial charge in [-0.1, -0.05) is 112 Å². The van der Waals surface area contributed by atoms with Gasteiger partial charge in [0.25, 0.3) is 8.32 Å². The number of rotatable bonds is 5. The van der Waals surface area contributed by atoms with Crippen molar-refractivity contribution < 1.29 is 9.53 Å². The first kappa shape index (κ1) is 22.7. The minimum absolute atomic E-state index is 0.122. The van der Waals surface area contributed by atoms with Gasteiger partial charge in [-0.3, -0.25) is 0 Å². The van der Waals surface area contributed by atoms with E-state index in [0.29, 0.717) is 12.8 Å². The first-order valence-electron chi connectivity index (χ1n) is 11.4. The molecule has 0 fully saturated rings. The number of hydrogen-bond acceptors (Lipinski definition) is 2. The van der Waals surface area contributed by atoms with Gasteiger partial charge in [0.2, 0.25) is 0 Å². The van der Waals surface area contributed by atoms with E-state index in [1.807, 2.05) is 13.0 Å². The van der Waals surface area contributed by atoms with Crippen LogP contribution in [0.25, 0.3) is 0 Å². The average molecular weight is 443 g/mol. The van der Waals surface area contributed by atoms with Crippen LogP contribution in [-0.2, 0) is 10.8 Å². The summed E-state index contributed by atoms with van der Waals surface area (Å²) in [5.74, 6) is 0. The highest BCUT2D eigenvalue weighted by Gasteiger charge is 2.53. The smallest absolute Gasteiger partial charge is 0.261 e. The summed E-state index contributed by atoms with van der Waals surface area (Å²) >= 11 is 0. The molecule has 32 heavy (non-hydrogen) atoms. The lowest BCUT2D eigenvalue weighted by atomic mass is 9.76. The maximum Gasteiger partial charge on any atom is 0.261 e. The van der Waals surface area contributed by atoms with Gasteiger partial charge < -0.3 is 9.53 Å². The van der Waals surface area contributed by atoms with E-state index in [1.54, 1.807) is 0 Å². The molecule has 0 radical (unpaired) electrons. The Morgan fingerprint density at radius 1 is 0.906 bits per heavy atom. The van der Waals surface area contributed by atoms with Gasteiger partial charge in [0, 0.05) is 12.8 Å². The van der Waals surface area contributed by atoms with Crippen LogP contribution in [0.4, 0.5) is 0 Å². The van der Waals surface area contributed by atoms with E-state index < -0.39 is 13.9 Å². The molecule has 4 rings (SSSR count). The Morgan fingerprint density at radius 2 is 1.41 bits per heavy atom. The van der Waals surface area contributed by atoms with E-state index in [0.717, 1.165) is 11.1 Å². The number of hydrogen-bond donors (Lipinski definition) is 1. The summed E-state index contributed by atoms with van der Waals surface area (Å²) in [7, 11) is -2.74. The van der Waals surface area contributed by atoms with Crippen LogP contribution in [-0.4, -0.2) is 19.0 Å². The highest BCUT2D eigenvalue weighted by Crippen LogP contribution is 2.46. The summed E-state index contributed by atoms with van der Waals surface area (Å²) in [6.45, 7) is 12.9. The Kier molecular flexibility index (Phi) is 6.02. The minimum atomic E-state index is -2.74. The second kappa shape index (κ2) is 8.47. The summed E-state index contributed by atoms with van der Waals surface area (Å²) in [5.41, 5.74) is 2.16. The van der Waals surface area contributed by atoms with E-state index >= 15 is 0 Å². The van der Waals surface area contributed by atoms with Crippen LogP contribution < -0.4 is 10.4 Å². The third-order valence-corrected chi connectivity index (χ3v) is 12.0. The lowest BCUT2D eigenvalue weighted by Gasteiger charge is -2.48. The van der Waals surface area contributed by atoms with Crippen LogP contribution in [0, 0.1) is 0 Å². The summed E-state index contributed by atoms with van der Waals surface area (Å²) in [6.07, 6.45) is 0.885. The molecule has 0 saturated heterocycles. The molecule has 1 aliphatic rings. The second-order valence-corrected chi connectivity index (χ2v) is 14.4. The maximum absolute atomic E-state index is 11.5. The fraction of sp³-hybridized carbons (Fsp3) is 0.310. The van der Waals surface area contributed by atoms with Gasteiger partial charge in [0.1, 0.15) is 0 Å². The van der Waals surface area contributed by atoms with Gasteiger partial charge in [-0.25, -0.2) is 0 Å². The molecular weight excluding hydrogens is 408 g/mol. The zero-order chi connectivity index (χ0) is 23.0. The van der Waals surface area contributed by atoms with Crippen molar-refractivity contribution in [3.8, 4) is 0 Å². The summed E-state index contributed by atoms with van der Waals surface area (Å²) in [5, 5.41) is 13.9. The van der Waals surface area contributed by atoms with Crippen molar-refractivity contribution in [1.82, 2.24) is 0 Å².